The van der Waals surface area contributed by atoms with Crippen molar-refractivity contribution in [2.75, 3.05) is 13.2 Å². The summed E-state index contributed by atoms with van der Waals surface area (Å²) < 4.78 is 12.2. The second-order valence-electron chi connectivity index (χ2n) is 17.2. The molecule has 0 saturated carbocycles. The van der Waals surface area contributed by atoms with Crippen molar-refractivity contribution in [1.82, 2.24) is 9.97 Å². The zero-order valence-corrected chi connectivity index (χ0v) is 37.0. The first-order valence-corrected chi connectivity index (χ1v) is 24.8. The van der Waals surface area contributed by atoms with Crippen molar-refractivity contribution >= 4 is 21.8 Å². The number of ether oxygens (including phenoxy) is 2. The Morgan fingerprint density at radius 1 is 0.286 bits per heavy atom. The molecular weight excluding hydrogens is 685 g/mol. The van der Waals surface area contributed by atoms with E-state index in [1.54, 1.807) is 0 Å². The molecule has 0 aliphatic rings. The van der Waals surface area contributed by atoms with Crippen LogP contribution in [0.15, 0.2) is 36.4 Å². The highest BCUT2D eigenvalue weighted by Gasteiger charge is 2.08. The van der Waals surface area contributed by atoms with E-state index in [0.29, 0.717) is 11.8 Å². The fourth-order valence-electron chi connectivity index (χ4n) is 8.25. The van der Waals surface area contributed by atoms with E-state index in [4.69, 9.17) is 19.4 Å². The first-order chi connectivity index (χ1) is 27.8. The van der Waals surface area contributed by atoms with E-state index in [0.717, 1.165) is 47.9 Å². The largest absolute Gasteiger partial charge is 0.478 e. The highest BCUT2D eigenvalue weighted by Crippen LogP contribution is 2.27. The third-order valence-electron chi connectivity index (χ3n) is 12.0. The SMILES string of the molecule is CCCCCCCCCCCCCCCCCCCCOc1ccc2ccc3ccc(OCCCCCCCCCCCCCCCCCCCC)nc3c2n1. The molecule has 56 heavy (non-hydrogen) atoms. The minimum Gasteiger partial charge on any atom is -0.478 e. The fraction of sp³-hybridized carbons (Fsp3) is 0.769. The van der Waals surface area contributed by atoms with Gasteiger partial charge in [0.2, 0.25) is 11.8 Å². The monoisotopic (exact) mass is 773 g/mol. The maximum atomic E-state index is 6.12. The standard InChI is InChI=1S/C52H88N2O2/c1-3-5-7-9-11-13-15-17-19-21-23-25-27-29-31-33-35-37-45-55-49-43-41-47-39-40-48-42-44-50(54-52(48)51(47)53-49)56-46-38-36-34-32-30-28-26-24-22-20-18-16-14-12-10-8-6-4-2/h39-44H,3-38,45-46H2,1-2H3. The molecule has 2 heterocycles. The smallest absolute Gasteiger partial charge is 0.213 e. The van der Waals surface area contributed by atoms with E-state index >= 15 is 0 Å². The summed E-state index contributed by atoms with van der Waals surface area (Å²) in [5, 5.41) is 2.18. The summed E-state index contributed by atoms with van der Waals surface area (Å²) in [5.41, 5.74) is 1.80. The molecule has 0 unspecified atom stereocenters. The van der Waals surface area contributed by atoms with Gasteiger partial charge in [-0.25, -0.2) is 9.97 Å². The summed E-state index contributed by atoms with van der Waals surface area (Å²) in [7, 11) is 0. The van der Waals surface area contributed by atoms with Crippen LogP contribution in [-0.4, -0.2) is 23.2 Å². The number of fused-ring (bicyclic) bond motifs is 3. The van der Waals surface area contributed by atoms with Crippen molar-refractivity contribution in [3.8, 4) is 11.8 Å². The van der Waals surface area contributed by atoms with Gasteiger partial charge in [-0.3, -0.25) is 0 Å². The molecule has 0 aliphatic heterocycles. The Labute approximate surface area is 346 Å². The average molecular weight is 773 g/mol. The lowest BCUT2D eigenvalue weighted by molar-refractivity contribution is 0.293. The summed E-state index contributed by atoms with van der Waals surface area (Å²) in [4.78, 5) is 9.82. The van der Waals surface area contributed by atoms with Gasteiger partial charge < -0.3 is 9.47 Å². The lowest BCUT2D eigenvalue weighted by Gasteiger charge is -2.10. The van der Waals surface area contributed by atoms with Crippen LogP contribution in [0.3, 0.4) is 0 Å². The molecular formula is C52H88N2O2. The van der Waals surface area contributed by atoms with Gasteiger partial charge in [0.25, 0.3) is 0 Å². The molecule has 1 aromatic carbocycles. The number of hydrogen-bond acceptors (Lipinski definition) is 4. The normalized spacial score (nSPS) is 11.6. The lowest BCUT2D eigenvalue weighted by Crippen LogP contribution is -2.01. The predicted octanol–water partition coefficient (Wildman–Crippen LogP) is 17.6. The van der Waals surface area contributed by atoms with Crippen LogP contribution < -0.4 is 9.47 Å². The van der Waals surface area contributed by atoms with Gasteiger partial charge in [-0.15, -0.1) is 0 Å². The number of unbranched alkanes of at least 4 members (excludes halogenated alkanes) is 34. The summed E-state index contributed by atoms with van der Waals surface area (Å²) in [6.07, 6.45) is 50.0. The van der Waals surface area contributed by atoms with Gasteiger partial charge in [0.05, 0.1) is 13.2 Å². The average Bonchev–Trinajstić information content (AvgIpc) is 3.22. The predicted molar refractivity (Wildman–Crippen MR) is 246 cm³/mol. The first-order valence-electron chi connectivity index (χ1n) is 24.8. The van der Waals surface area contributed by atoms with Crippen molar-refractivity contribution < 1.29 is 9.47 Å². The van der Waals surface area contributed by atoms with Crippen molar-refractivity contribution in [3.05, 3.63) is 36.4 Å². The van der Waals surface area contributed by atoms with Crippen molar-refractivity contribution in [1.29, 1.82) is 0 Å². The number of benzene rings is 1. The number of aromatic nitrogens is 2. The maximum Gasteiger partial charge on any atom is 0.213 e. The Kier molecular flexibility index (Phi) is 29.7. The Hall–Kier alpha value is -2.36. The van der Waals surface area contributed by atoms with Crippen LogP contribution in [0.1, 0.15) is 245 Å². The minimum atomic E-state index is 0.698. The van der Waals surface area contributed by atoms with Gasteiger partial charge in [0.15, 0.2) is 0 Å². The molecule has 0 N–H and O–H groups in total. The van der Waals surface area contributed by atoms with E-state index in [9.17, 15) is 0 Å². The third kappa shape index (κ3) is 23.8. The zero-order chi connectivity index (χ0) is 39.4. The van der Waals surface area contributed by atoms with Crippen LogP contribution in [0, 0.1) is 0 Å². The highest BCUT2D eigenvalue weighted by atomic mass is 16.5. The van der Waals surface area contributed by atoms with Gasteiger partial charge in [-0.2, -0.15) is 0 Å². The molecule has 2 aromatic heterocycles. The van der Waals surface area contributed by atoms with Crippen LogP contribution in [0.5, 0.6) is 11.8 Å². The molecule has 3 aromatic rings. The van der Waals surface area contributed by atoms with Crippen molar-refractivity contribution in [2.24, 2.45) is 0 Å². The minimum absolute atomic E-state index is 0.698. The number of pyridine rings is 2. The molecule has 4 nitrogen and oxygen atoms in total. The van der Waals surface area contributed by atoms with Crippen molar-refractivity contribution in [2.45, 2.75) is 245 Å². The molecule has 3 rings (SSSR count). The number of rotatable bonds is 40. The van der Waals surface area contributed by atoms with E-state index in [2.05, 4.69) is 38.1 Å². The van der Waals surface area contributed by atoms with Gasteiger partial charge in [-0.1, -0.05) is 244 Å². The zero-order valence-electron chi connectivity index (χ0n) is 37.0. The topological polar surface area (TPSA) is 44.2 Å². The molecule has 318 valence electrons. The summed E-state index contributed by atoms with van der Waals surface area (Å²) in [6, 6.07) is 12.5. The van der Waals surface area contributed by atoms with Crippen LogP contribution >= 0.6 is 0 Å². The van der Waals surface area contributed by atoms with Gasteiger partial charge in [0.1, 0.15) is 11.0 Å². The van der Waals surface area contributed by atoms with Crippen LogP contribution in [-0.2, 0) is 0 Å². The molecule has 0 amide bonds. The van der Waals surface area contributed by atoms with Gasteiger partial charge >= 0.3 is 0 Å². The Bertz CT molecular complexity index is 1220. The third-order valence-corrected chi connectivity index (χ3v) is 12.0. The van der Waals surface area contributed by atoms with E-state index in [1.165, 1.54) is 218 Å². The molecule has 4 heteroatoms. The molecule has 0 fully saturated rings. The number of nitrogens with zero attached hydrogens (tertiary/aromatic N) is 2. The Morgan fingerprint density at radius 3 is 0.750 bits per heavy atom. The van der Waals surface area contributed by atoms with Crippen LogP contribution in [0.4, 0.5) is 0 Å². The van der Waals surface area contributed by atoms with E-state index < -0.39 is 0 Å². The molecule has 0 radical (unpaired) electrons. The number of hydrogen-bond donors (Lipinski definition) is 0. The highest BCUT2D eigenvalue weighted by molar-refractivity contribution is 6.03. The lowest BCUT2D eigenvalue weighted by atomic mass is 10.0. The Morgan fingerprint density at radius 2 is 0.500 bits per heavy atom. The van der Waals surface area contributed by atoms with Crippen LogP contribution in [0.2, 0.25) is 0 Å². The first kappa shape index (κ1) is 48.0. The second-order valence-corrected chi connectivity index (χ2v) is 17.2. The molecule has 0 atom stereocenters. The molecule has 0 aliphatic carbocycles. The van der Waals surface area contributed by atoms with Gasteiger partial charge in [-0.05, 0) is 25.0 Å². The summed E-state index contributed by atoms with van der Waals surface area (Å²) in [6.45, 7) is 6.05. The molecule has 0 bridgehead atoms. The second kappa shape index (κ2) is 34.7. The summed E-state index contributed by atoms with van der Waals surface area (Å²) in [5.74, 6) is 1.40. The maximum absolute atomic E-state index is 6.12. The van der Waals surface area contributed by atoms with Gasteiger partial charge in [0, 0.05) is 22.9 Å². The fourth-order valence-corrected chi connectivity index (χ4v) is 8.25. The Balaban J connectivity index is 1.17. The quantitative estimate of drug-likeness (QED) is 0.0426. The van der Waals surface area contributed by atoms with Crippen molar-refractivity contribution in [3.63, 3.8) is 0 Å². The van der Waals surface area contributed by atoms with E-state index in [-0.39, 0.29) is 0 Å². The van der Waals surface area contributed by atoms with Crippen LogP contribution in [0.25, 0.3) is 21.8 Å². The molecule has 0 spiro atoms. The van der Waals surface area contributed by atoms with E-state index in [1.807, 2.05) is 12.1 Å². The summed E-state index contributed by atoms with van der Waals surface area (Å²) >= 11 is 0. The molecule has 0 saturated heterocycles.